The van der Waals surface area contributed by atoms with Crippen LogP contribution in [0.4, 0.5) is 0 Å². The maximum absolute atomic E-state index is 13.9. The molecule has 0 radical (unpaired) electrons. The van der Waals surface area contributed by atoms with Gasteiger partial charge in [-0.1, -0.05) is 30.3 Å². The third-order valence-corrected chi connectivity index (χ3v) is 7.03. The minimum Gasteiger partial charge on any atom is -0.466 e. The van der Waals surface area contributed by atoms with Crippen LogP contribution in [0.5, 0.6) is 0 Å². The van der Waals surface area contributed by atoms with E-state index in [1.807, 2.05) is 37.3 Å². The first-order valence-corrected chi connectivity index (χ1v) is 12.7. The van der Waals surface area contributed by atoms with Gasteiger partial charge in [-0.3, -0.25) is 9.59 Å². The highest BCUT2D eigenvalue weighted by atomic mass is 32.1. The summed E-state index contributed by atoms with van der Waals surface area (Å²) in [4.78, 5) is 44.0. The molecule has 0 amide bonds. The highest BCUT2D eigenvalue weighted by Gasteiger charge is 2.59. The number of nitrogens with one attached hydrogen (secondary N) is 1. The third kappa shape index (κ3) is 5.10. The maximum atomic E-state index is 13.9. The molecular formula is C26H32N2O6S. The molecule has 9 heteroatoms. The number of thiazole rings is 1. The Morgan fingerprint density at radius 1 is 1.03 bits per heavy atom. The highest BCUT2D eigenvalue weighted by molar-refractivity contribution is 7.09. The number of carbonyl (C=O) groups excluding carboxylic acids is 3. The fourth-order valence-electron chi connectivity index (χ4n) is 4.70. The van der Waals surface area contributed by atoms with Crippen molar-refractivity contribution in [1.29, 1.82) is 0 Å². The van der Waals surface area contributed by atoms with Crippen molar-refractivity contribution in [3.63, 3.8) is 0 Å². The number of hydrogen-bond acceptors (Lipinski definition) is 9. The Bertz CT molecular complexity index is 1100. The molecule has 1 aliphatic rings. The second-order valence-corrected chi connectivity index (χ2v) is 9.06. The van der Waals surface area contributed by atoms with Crippen molar-refractivity contribution in [3.8, 4) is 0 Å². The van der Waals surface area contributed by atoms with Crippen LogP contribution < -0.4 is 5.32 Å². The van der Waals surface area contributed by atoms with Crippen LogP contribution in [0, 0.1) is 0 Å². The van der Waals surface area contributed by atoms with Gasteiger partial charge in [0.25, 0.3) is 0 Å². The van der Waals surface area contributed by atoms with E-state index in [1.165, 1.54) is 11.3 Å². The Morgan fingerprint density at radius 2 is 1.69 bits per heavy atom. The molecule has 188 valence electrons. The van der Waals surface area contributed by atoms with E-state index in [0.29, 0.717) is 27.5 Å². The number of rotatable bonds is 9. The van der Waals surface area contributed by atoms with E-state index in [1.54, 1.807) is 33.1 Å². The summed E-state index contributed by atoms with van der Waals surface area (Å²) in [5, 5.41) is 5.62. The number of nitrogens with zero attached hydrogens (tertiary/aromatic N) is 1. The van der Waals surface area contributed by atoms with Crippen molar-refractivity contribution in [2.24, 2.45) is 0 Å². The highest BCUT2D eigenvalue weighted by Crippen LogP contribution is 2.51. The van der Waals surface area contributed by atoms with Crippen molar-refractivity contribution in [1.82, 2.24) is 10.3 Å². The third-order valence-electron chi connectivity index (χ3n) is 6.07. The maximum Gasteiger partial charge on any atom is 0.336 e. The molecule has 1 N–H and O–H groups in total. The molecule has 2 heterocycles. The second-order valence-electron chi connectivity index (χ2n) is 8.17. The zero-order chi connectivity index (χ0) is 25.6. The number of carbonyl (C=O) groups is 3. The van der Waals surface area contributed by atoms with Crippen molar-refractivity contribution in [2.75, 3.05) is 19.8 Å². The van der Waals surface area contributed by atoms with Gasteiger partial charge in [0.1, 0.15) is 10.4 Å². The molecule has 35 heavy (non-hydrogen) atoms. The van der Waals surface area contributed by atoms with Gasteiger partial charge in [-0.05, 0) is 40.2 Å². The average Bonchev–Trinajstić information content (AvgIpc) is 3.27. The molecule has 0 bridgehead atoms. The Kier molecular flexibility index (Phi) is 8.67. The van der Waals surface area contributed by atoms with Gasteiger partial charge in [0.15, 0.2) is 0 Å². The van der Waals surface area contributed by atoms with Crippen LogP contribution in [0.2, 0.25) is 0 Å². The van der Waals surface area contributed by atoms with E-state index in [9.17, 15) is 14.4 Å². The Balaban J connectivity index is 2.28. The number of ether oxygens (including phenoxy) is 3. The molecule has 0 saturated carbocycles. The Hall–Kier alpha value is -3.20. The largest absolute Gasteiger partial charge is 0.466 e. The summed E-state index contributed by atoms with van der Waals surface area (Å²) >= 11 is 1.30. The minimum atomic E-state index is -1.31. The molecule has 3 atom stereocenters. The summed E-state index contributed by atoms with van der Waals surface area (Å²) < 4.78 is 16.1. The second kappa shape index (κ2) is 11.5. The lowest BCUT2D eigenvalue weighted by Gasteiger charge is -2.47. The first-order valence-electron chi connectivity index (χ1n) is 11.8. The van der Waals surface area contributed by atoms with E-state index in [4.69, 9.17) is 19.2 Å². The number of esters is 3. The zero-order valence-corrected chi connectivity index (χ0v) is 21.6. The predicted molar refractivity (Wildman–Crippen MR) is 132 cm³/mol. The van der Waals surface area contributed by atoms with Gasteiger partial charge in [0, 0.05) is 17.1 Å². The fourth-order valence-corrected chi connectivity index (χ4v) is 5.70. The molecular weight excluding hydrogens is 468 g/mol. The van der Waals surface area contributed by atoms with Crippen LogP contribution in [0.15, 0.2) is 47.0 Å². The summed E-state index contributed by atoms with van der Waals surface area (Å²) in [5.41, 5.74) is 0.830. The van der Waals surface area contributed by atoms with Crippen molar-refractivity contribution in [2.45, 2.75) is 58.4 Å². The smallest absolute Gasteiger partial charge is 0.336 e. The summed E-state index contributed by atoms with van der Waals surface area (Å²) in [6, 6.07) is 8.85. The van der Waals surface area contributed by atoms with Crippen molar-refractivity contribution < 1.29 is 28.6 Å². The van der Waals surface area contributed by atoms with E-state index in [0.717, 1.165) is 0 Å². The van der Waals surface area contributed by atoms with Gasteiger partial charge < -0.3 is 19.5 Å². The van der Waals surface area contributed by atoms with Gasteiger partial charge in [-0.15, -0.1) is 11.3 Å². The van der Waals surface area contributed by atoms with Crippen LogP contribution in [0.3, 0.4) is 0 Å². The first kappa shape index (κ1) is 26.4. The van der Waals surface area contributed by atoms with E-state index in [-0.39, 0.29) is 32.2 Å². The molecule has 8 nitrogen and oxygen atoms in total. The molecule has 1 aromatic heterocycles. The summed E-state index contributed by atoms with van der Waals surface area (Å²) in [6.07, 6.45) is 0.0000428. The molecule has 0 aliphatic carbocycles. The Labute approximate surface area is 209 Å². The van der Waals surface area contributed by atoms with Crippen LogP contribution in [-0.2, 0) is 40.4 Å². The van der Waals surface area contributed by atoms with Gasteiger partial charge in [0.05, 0.1) is 43.4 Å². The average molecular weight is 501 g/mol. The lowest BCUT2D eigenvalue weighted by Crippen LogP contribution is -2.60. The fraction of sp³-hybridized carbons (Fsp3) is 0.462. The molecule has 1 aliphatic heterocycles. The molecule has 3 unspecified atom stereocenters. The minimum absolute atomic E-state index is 0.0000428. The normalized spacial score (nSPS) is 21.7. The Morgan fingerprint density at radius 3 is 2.31 bits per heavy atom. The van der Waals surface area contributed by atoms with Crippen molar-refractivity contribution in [3.05, 3.63) is 63.2 Å². The summed E-state index contributed by atoms with van der Waals surface area (Å²) in [6.45, 7) is 9.55. The summed E-state index contributed by atoms with van der Waals surface area (Å²) in [7, 11) is 0. The lowest BCUT2D eigenvalue weighted by molar-refractivity contribution is -0.153. The SMILES string of the molecule is CCOC(=O)Cc1csc(C2C(C(=O)OCC)=C(C)NC(C)C2(C(=O)OCC)c2ccccc2)n1. The monoisotopic (exact) mass is 500 g/mol. The molecule has 1 aromatic carbocycles. The zero-order valence-electron chi connectivity index (χ0n) is 20.8. The van der Waals surface area contributed by atoms with Crippen LogP contribution >= 0.6 is 11.3 Å². The molecule has 3 rings (SSSR count). The topological polar surface area (TPSA) is 104 Å². The van der Waals surface area contributed by atoms with E-state index >= 15 is 0 Å². The molecule has 0 spiro atoms. The van der Waals surface area contributed by atoms with Crippen LogP contribution in [0.25, 0.3) is 0 Å². The van der Waals surface area contributed by atoms with E-state index < -0.39 is 29.3 Å². The van der Waals surface area contributed by atoms with Gasteiger partial charge >= 0.3 is 17.9 Å². The molecule has 2 aromatic rings. The van der Waals surface area contributed by atoms with E-state index in [2.05, 4.69) is 5.32 Å². The summed E-state index contributed by atoms with van der Waals surface area (Å²) in [5.74, 6) is -2.17. The van der Waals surface area contributed by atoms with Crippen molar-refractivity contribution >= 4 is 29.2 Å². The van der Waals surface area contributed by atoms with Gasteiger partial charge in [0.2, 0.25) is 0 Å². The molecule has 0 fully saturated rings. The number of aromatic nitrogens is 1. The van der Waals surface area contributed by atoms with Crippen LogP contribution in [0.1, 0.15) is 56.8 Å². The number of allylic oxidation sites excluding steroid dienone is 1. The first-order chi connectivity index (χ1) is 16.8. The predicted octanol–water partition coefficient (Wildman–Crippen LogP) is 3.66. The number of hydrogen-bond donors (Lipinski definition) is 1. The van der Waals surface area contributed by atoms with Gasteiger partial charge in [-0.25, -0.2) is 9.78 Å². The standard InChI is InChI=1S/C26H32N2O6S/c1-6-32-20(29)14-19-15-35-23(28-19)22-21(24(30)33-7-2)16(4)27-17(5)26(22,25(31)34-8-3)18-12-10-9-11-13-18/h9-13,15,17,22,27H,6-8,14H2,1-5H3. The number of benzene rings is 1. The molecule has 0 saturated heterocycles. The quantitative estimate of drug-likeness (QED) is 0.411. The lowest BCUT2D eigenvalue weighted by atomic mass is 9.61. The van der Waals surface area contributed by atoms with Gasteiger partial charge in [-0.2, -0.15) is 0 Å². The van der Waals surface area contributed by atoms with Crippen LogP contribution in [-0.4, -0.2) is 48.8 Å².